The summed E-state index contributed by atoms with van der Waals surface area (Å²) in [5.74, 6) is -0.300. The van der Waals surface area contributed by atoms with Gasteiger partial charge in [-0.1, -0.05) is 12.1 Å². The number of aromatic nitrogens is 1. The molecule has 1 saturated heterocycles. The van der Waals surface area contributed by atoms with Crippen LogP contribution in [0.25, 0.3) is 0 Å². The van der Waals surface area contributed by atoms with Gasteiger partial charge in [0, 0.05) is 24.3 Å². The maximum atomic E-state index is 12.5. The summed E-state index contributed by atoms with van der Waals surface area (Å²) in [5.41, 5.74) is 4.76. The second-order valence-corrected chi connectivity index (χ2v) is 6.14. The van der Waals surface area contributed by atoms with E-state index in [0.717, 1.165) is 11.4 Å². The SMILES string of the molecule is CCc1cnc(CNC(=O)C2(C(N)=NO)CCOCC2)s1. The summed E-state index contributed by atoms with van der Waals surface area (Å²) in [6.07, 6.45) is 3.57. The molecule has 1 aliphatic rings. The molecule has 116 valence electrons. The van der Waals surface area contributed by atoms with Crippen LogP contribution in [0.1, 0.15) is 29.7 Å². The molecule has 2 heterocycles. The molecule has 1 amide bonds. The number of oxime groups is 1. The van der Waals surface area contributed by atoms with E-state index in [-0.39, 0.29) is 11.7 Å². The number of nitrogens with one attached hydrogen (secondary N) is 1. The zero-order valence-corrected chi connectivity index (χ0v) is 12.8. The third-order valence-corrected chi connectivity index (χ3v) is 4.87. The van der Waals surface area contributed by atoms with E-state index in [4.69, 9.17) is 15.7 Å². The van der Waals surface area contributed by atoms with Crippen molar-refractivity contribution in [1.29, 1.82) is 0 Å². The molecule has 8 heteroatoms. The number of thiazole rings is 1. The summed E-state index contributed by atoms with van der Waals surface area (Å²) in [5, 5.41) is 15.7. The van der Waals surface area contributed by atoms with Crippen molar-refractivity contribution >= 4 is 23.1 Å². The Morgan fingerprint density at radius 1 is 1.62 bits per heavy atom. The van der Waals surface area contributed by atoms with E-state index in [0.29, 0.717) is 32.6 Å². The highest BCUT2D eigenvalue weighted by molar-refractivity contribution is 7.11. The fourth-order valence-electron chi connectivity index (χ4n) is 2.33. The van der Waals surface area contributed by atoms with Gasteiger partial charge in [-0.05, 0) is 19.3 Å². The number of amides is 1. The van der Waals surface area contributed by atoms with Crippen molar-refractivity contribution in [2.24, 2.45) is 16.3 Å². The van der Waals surface area contributed by atoms with Crippen LogP contribution in [0.15, 0.2) is 11.4 Å². The Morgan fingerprint density at radius 2 is 2.33 bits per heavy atom. The number of ether oxygens (including phenoxy) is 1. The Morgan fingerprint density at radius 3 is 2.90 bits per heavy atom. The van der Waals surface area contributed by atoms with E-state index in [1.165, 1.54) is 4.88 Å². The van der Waals surface area contributed by atoms with Crippen molar-refractivity contribution in [1.82, 2.24) is 10.3 Å². The molecule has 0 aliphatic carbocycles. The molecule has 0 unspecified atom stereocenters. The van der Waals surface area contributed by atoms with Crippen LogP contribution < -0.4 is 11.1 Å². The molecule has 4 N–H and O–H groups in total. The van der Waals surface area contributed by atoms with Gasteiger partial charge >= 0.3 is 0 Å². The first-order chi connectivity index (χ1) is 10.1. The molecular formula is C13H20N4O3S. The lowest BCUT2D eigenvalue weighted by Crippen LogP contribution is -2.52. The maximum Gasteiger partial charge on any atom is 0.234 e. The third-order valence-electron chi connectivity index (χ3n) is 3.73. The molecule has 0 saturated carbocycles. The molecule has 1 aliphatic heterocycles. The molecule has 1 aromatic heterocycles. The predicted octanol–water partition coefficient (Wildman–Crippen LogP) is 0.865. The minimum absolute atomic E-state index is 0.0586. The fraction of sp³-hybridized carbons (Fsp3) is 0.615. The summed E-state index contributed by atoms with van der Waals surface area (Å²) in [6.45, 7) is 3.25. The smallest absolute Gasteiger partial charge is 0.234 e. The summed E-state index contributed by atoms with van der Waals surface area (Å²) in [6, 6.07) is 0. The zero-order chi connectivity index (χ0) is 15.3. The van der Waals surface area contributed by atoms with Crippen molar-refractivity contribution < 1.29 is 14.7 Å². The van der Waals surface area contributed by atoms with Gasteiger partial charge in [0.2, 0.25) is 5.91 Å². The first-order valence-electron chi connectivity index (χ1n) is 6.90. The van der Waals surface area contributed by atoms with E-state index >= 15 is 0 Å². The van der Waals surface area contributed by atoms with Crippen LogP contribution in [0, 0.1) is 5.41 Å². The van der Waals surface area contributed by atoms with Crippen molar-refractivity contribution in [3.05, 3.63) is 16.1 Å². The molecule has 0 aromatic carbocycles. The molecule has 0 bridgehead atoms. The van der Waals surface area contributed by atoms with Gasteiger partial charge in [0.25, 0.3) is 0 Å². The first kappa shape index (κ1) is 15.7. The second-order valence-electron chi connectivity index (χ2n) is 4.94. The number of amidine groups is 1. The van der Waals surface area contributed by atoms with Crippen LogP contribution in [0.2, 0.25) is 0 Å². The van der Waals surface area contributed by atoms with E-state index in [9.17, 15) is 4.79 Å². The second kappa shape index (κ2) is 6.86. The number of hydrogen-bond donors (Lipinski definition) is 3. The van der Waals surface area contributed by atoms with Crippen molar-refractivity contribution in [3.8, 4) is 0 Å². The van der Waals surface area contributed by atoms with Crippen molar-refractivity contribution in [3.63, 3.8) is 0 Å². The normalized spacial score (nSPS) is 18.4. The van der Waals surface area contributed by atoms with Crippen LogP contribution >= 0.6 is 11.3 Å². The van der Waals surface area contributed by atoms with Crippen molar-refractivity contribution in [2.45, 2.75) is 32.7 Å². The van der Waals surface area contributed by atoms with Crippen LogP contribution in [-0.2, 0) is 22.5 Å². The highest BCUT2D eigenvalue weighted by atomic mass is 32.1. The van der Waals surface area contributed by atoms with Gasteiger partial charge < -0.3 is 21.0 Å². The van der Waals surface area contributed by atoms with Crippen LogP contribution in [0.4, 0.5) is 0 Å². The van der Waals surface area contributed by atoms with Gasteiger partial charge in [-0.25, -0.2) is 4.98 Å². The van der Waals surface area contributed by atoms with Crippen LogP contribution in [0.3, 0.4) is 0 Å². The van der Waals surface area contributed by atoms with E-state index in [1.54, 1.807) is 11.3 Å². The highest BCUT2D eigenvalue weighted by Gasteiger charge is 2.44. The Labute approximate surface area is 127 Å². The van der Waals surface area contributed by atoms with Gasteiger partial charge in [-0.3, -0.25) is 4.79 Å². The molecule has 7 nitrogen and oxygen atoms in total. The minimum Gasteiger partial charge on any atom is -0.409 e. The summed E-state index contributed by atoms with van der Waals surface area (Å²) in [7, 11) is 0. The Bertz CT molecular complexity index is 523. The molecule has 0 atom stereocenters. The number of nitrogens with zero attached hydrogens (tertiary/aromatic N) is 2. The lowest BCUT2D eigenvalue weighted by atomic mass is 9.78. The zero-order valence-electron chi connectivity index (χ0n) is 12.0. The highest BCUT2D eigenvalue weighted by Crippen LogP contribution is 2.31. The molecule has 0 spiro atoms. The summed E-state index contributed by atoms with van der Waals surface area (Å²) < 4.78 is 5.27. The average Bonchev–Trinajstić information content (AvgIpc) is 3.00. The third kappa shape index (κ3) is 3.33. The number of aryl methyl sites for hydroxylation is 1. The van der Waals surface area contributed by atoms with Gasteiger partial charge in [0.05, 0.1) is 6.54 Å². The van der Waals surface area contributed by atoms with Crippen molar-refractivity contribution in [2.75, 3.05) is 13.2 Å². The minimum atomic E-state index is -0.988. The predicted molar refractivity (Wildman–Crippen MR) is 79.2 cm³/mol. The largest absolute Gasteiger partial charge is 0.409 e. The molecule has 1 aromatic rings. The quantitative estimate of drug-likeness (QED) is 0.323. The Hall–Kier alpha value is -1.67. The van der Waals surface area contributed by atoms with Crippen LogP contribution in [-0.4, -0.2) is 35.1 Å². The van der Waals surface area contributed by atoms with E-state index in [2.05, 4.69) is 22.4 Å². The van der Waals surface area contributed by atoms with Gasteiger partial charge in [0.15, 0.2) is 5.84 Å². The maximum absolute atomic E-state index is 12.5. The molecule has 21 heavy (non-hydrogen) atoms. The summed E-state index contributed by atoms with van der Waals surface area (Å²) in [4.78, 5) is 17.9. The van der Waals surface area contributed by atoms with E-state index < -0.39 is 5.41 Å². The number of carbonyl (C=O) groups excluding carboxylic acids is 1. The standard InChI is InChI=1S/C13H20N4O3S/c1-2-9-7-15-10(21-9)8-16-12(18)13(11(14)17-19)3-5-20-6-4-13/h7,19H,2-6,8H2,1H3,(H2,14,17)(H,16,18). The van der Waals surface area contributed by atoms with E-state index in [1.807, 2.05) is 6.20 Å². The molecule has 1 fully saturated rings. The number of carbonyl (C=O) groups is 1. The average molecular weight is 312 g/mol. The molecule has 2 rings (SSSR count). The lowest BCUT2D eigenvalue weighted by molar-refractivity contribution is -0.131. The Kier molecular flexibility index (Phi) is 5.13. The number of rotatable bonds is 5. The topological polar surface area (TPSA) is 110 Å². The molecule has 0 radical (unpaired) electrons. The Balaban J connectivity index is 2.05. The number of hydrogen-bond acceptors (Lipinski definition) is 6. The first-order valence-corrected chi connectivity index (χ1v) is 7.71. The monoisotopic (exact) mass is 312 g/mol. The van der Waals surface area contributed by atoms with Gasteiger partial charge in [0.1, 0.15) is 10.4 Å². The molecular weight excluding hydrogens is 292 g/mol. The fourth-order valence-corrected chi connectivity index (χ4v) is 3.14. The number of nitrogens with two attached hydrogens (primary N) is 1. The van der Waals surface area contributed by atoms with Gasteiger partial charge in [-0.2, -0.15) is 0 Å². The van der Waals surface area contributed by atoms with Crippen LogP contribution in [0.5, 0.6) is 0 Å². The van der Waals surface area contributed by atoms with Gasteiger partial charge in [-0.15, -0.1) is 11.3 Å². The summed E-state index contributed by atoms with van der Waals surface area (Å²) >= 11 is 1.57. The lowest BCUT2D eigenvalue weighted by Gasteiger charge is -2.34.